The highest BCUT2D eigenvalue weighted by atomic mass is 32.2. The van der Waals surface area contributed by atoms with Gasteiger partial charge in [0.05, 0.1) is 6.61 Å². The van der Waals surface area contributed by atoms with Crippen molar-refractivity contribution in [1.82, 2.24) is 5.32 Å². The van der Waals surface area contributed by atoms with Gasteiger partial charge in [0.15, 0.2) is 0 Å². The molecule has 172 valence electrons. The lowest BCUT2D eigenvalue weighted by Crippen LogP contribution is -2.52. The second kappa shape index (κ2) is 10.8. The van der Waals surface area contributed by atoms with Crippen LogP contribution in [-0.4, -0.2) is 34.6 Å². The van der Waals surface area contributed by atoms with E-state index in [1.165, 1.54) is 28.5 Å². The predicted octanol–water partition coefficient (Wildman–Crippen LogP) is 5.79. The molecule has 0 bridgehead atoms. The topological polar surface area (TPSA) is 69.6 Å². The van der Waals surface area contributed by atoms with Crippen molar-refractivity contribution in [2.45, 2.75) is 37.8 Å². The van der Waals surface area contributed by atoms with Crippen LogP contribution < -0.4 is 5.32 Å². The zero-order chi connectivity index (χ0) is 24.0. The van der Waals surface area contributed by atoms with E-state index in [2.05, 4.69) is 86.1 Å². The molecule has 3 aromatic carbocycles. The average Bonchev–Trinajstić information content (AvgIpc) is 2.83. The Morgan fingerprint density at radius 2 is 1.73 bits per heavy atom. The van der Waals surface area contributed by atoms with Crippen LogP contribution in [0.25, 0.3) is 23.3 Å². The predicted molar refractivity (Wildman–Crippen MR) is 138 cm³/mol. The molecule has 1 unspecified atom stereocenters. The summed E-state index contributed by atoms with van der Waals surface area (Å²) in [5.74, 6) is -1.07. The third-order valence-electron chi connectivity index (χ3n) is 6.03. The number of aliphatic carboxylic acids is 1. The van der Waals surface area contributed by atoms with Crippen molar-refractivity contribution in [3.05, 3.63) is 88.5 Å². The van der Waals surface area contributed by atoms with E-state index in [0.717, 1.165) is 22.3 Å². The number of aliphatic hydroxyl groups is 1. The molecule has 1 atom stereocenters. The van der Waals surface area contributed by atoms with Crippen molar-refractivity contribution in [1.29, 1.82) is 0 Å². The second-order valence-electron chi connectivity index (χ2n) is 8.42. The first-order valence-electron chi connectivity index (χ1n) is 10.9. The summed E-state index contributed by atoms with van der Waals surface area (Å²) in [5, 5.41) is 21.7. The van der Waals surface area contributed by atoms with Crippen molar-refractivity contribution in [2.75, 3.05) is 12.9 Å². The van der Waals surface area contributed by atoms with Gasteiger partial charge in [-0.2, -0.15) is 0 Å². The molecule has 33 heavy (non-hydrogen) atoms. The molecule has 0 amide bonds. The van der Waals surface area contributed by atoms with Gasteiger partial charge in [0.1, 0.15) is 5.54 Å². The van der Waals surface area contributed by atoms with E-state index in [0.29, 0.717) is 6.54 Å². The summed E-state index contributed by atoms with van der Waals surface area (Å²) in [7, 11) is 0. The van der Waals surface area contributed by atoms with Gasteiger partial charge in [-0.05, 0) is 78.1 Å². The molecule has 0 heterocycles. The number of carbonyl (C=O) groups is 1. The van der Waals surface area contributed by atoms with Crippen LogP contribution in [-0.2, 0) is 11.3 Å². The monoisotopic (exact) mass is 461 g/mol. The largest absolute Gasteiger partial charge is 0.480 e. The number of thioether (sulfide) groups is 1. The summed E-state index contributed by atoms with van der Waals surface area (Å²) in [5.41, 5.74) is 6.60. The molecule has 4 nitrogen and oxygen atoms in total. The fourth-order valence-corrected chi connectivity index (χ4v) is 3.98. The number of hydrogen-bond acceptors (Lipinski definition) is 4. The van der Waals surface area contributed by atoms with Gasteiger partial charge in [-0.15, -0.1) is 11.8 Å². The van der Waals surface area contributed by atoms with Crippen LogP contribution >= 0.6 is 11.8 Å². The molecule has 3 N–H and O–H groups in total. The normalized spacial score (nSPS) is 13.2. The number of aryl methyl sites for hydroxylation is 1. The molecule has 0 spiro atoms. The Morgan fingerprint density at radius 1 is 1.03 bits per heavy atom. The Hall–Kier alpha value is -2.86. The van der Waals surface area contributed by atoms with E-state index in [4.69, 9.17) is 0 Å². The first-order valence-corrected chi connectivity index (χ1v) is 12.1. The Morgan fingerprint density at radius 3 is 2.36 bits per heavy atom. The van der Waals surface area contributed by atoms with E-state index in [1.807, 2.05) is 12.1 Å². The van der Waals surface area contributed by atoms with Crippen molar-refractivity contribution in [3.63, 3.8) is 0 Å². The number of nitrogens with one attached hydrogen (secondary N) is 1. The van der Waals surface area contributed by atoms with Gasteiger partial charge >= 0.3 is 5.97 Å². The highest BCUT2D eigenvalue weighted by molar-refractivity contribution is 7.98. The highest BCUT2D eigenvalue weighted by Crippen LogP contribution is 2.29. The van der Waals surface area contributed by atoms with E-state index < -0.39 is 18.1 Å². The van der Waals surface area contributed by atoms with Gasteiger partial charge in [-0.25, -0.2) is 0 Å². The Kier molecular flexibility index (Phi) is 8.14. The third-order valence-corrected chi connectivity index (χ3v) is 6.78. The number of aliphatic hydroxyl groups excluding tert-OH is 1. The van der Waals surface area contributed by atoms with Crippen molar-refractivity contribution in [3.8, 4) is 11.1 Å². The van der Waals surface area contributed by atoms with Crippen molar-refractivity contribution < 1.29 is 15.0 Å². The molecular weight excluding hydrogens is 430 g/mol. The average molecular weight is 462 g/mol. The van der Waals surface area contributed by atoms with Gasteiger partial charge in [0.25, 0.3) is 0 Å². The van der Waals surface area contributed by atoms with E-state index in [9.17, 15) is 15.0 Å². The zero-order valence-corrected chi connectivity index (χ0v) is 20.4. The lowest BCUT2D eigenvalue weighted by molar-refractivity contribution is -0.145. The van der Waals surface area contributed by atoms with Crippen LogP contribution in [0.1, 0.15) is 34.7 Å². The fraction of sp³-hybridized carbons (Fsp3) is 0.250. The molecule has 0 radical (unpaired) electrons. The molecule has 3 aromatic rings. The fourth-order valence-electron chi connectivity index (χ4n) is 3.57. The van der Waals surface area contributed by atoms with Crippen LogP contribution in [0.5, 0.6) is 0 Å². The maximum atomic E-state index is 11.4. The zero-order valence-electron chi connectivity index (χ0n) is 19.6. The minimum Gasteiger partial charge on any atom is -0.480 e. The van der Waals surface area contributed by atoms with Gasteiger partial charge < -0.3 is 10.2 Å². The molecule has 0 saturated heterocycles. The summed E-state index contributed by atoms with van der Waals surface area (Å²) in [6.07, 6.45) is 6.31. The number of benzene rings is 3. The summed E-state index contributed by atoms with van der Waals surface area (Å²) >= 11 is 1.74. The van der Waals surface area contributed by atoms with E-state index in [1.54, 1.807) is 11.8 Å². The molecule has 0 aliphatic heterocycles. The summed E-state index contributed by atoms with van der Waals surface area (Å²) in [6.45, 7) is 5.56. The SMILES string of the molecule is CSc1ccc(-c2cccc(/C=C/c3cc(CNC(C)(CO)C(=O)O)ccc3C)c2C)cc1. The quantitative estimate of drug-likeness (QED) is 0.278. The molecule has 5 heteroatoms. The molecule has 3 rings (SSSR count). The van der Waals surface area contributed by atoms with Crippen LogP contribution in [0.3, 0.4) is 0 Å². The van der Waals surface area contributed by atoms with Crippen LogP contribution in [0, 0.1) is 13.8 Å². The van der Waals surface area contributed by atoms with Crippen LogP contribution in [0.4, 0.5) is 0 Å². The molecule has 0 saturated carbocycles. The van der Waals surface area contributed by atoms with E-state index >= 15 is 0 Å². The van der Waals surface area contributed by atoms with Gasteiger partial charge in [0.2, 0.25) is 0 Å². The van der Waals surface area contributed by atoms with Crippen LogP contribution in [0.2, 0.25) is 0 Å². The lowest BCUT2D eigenvalue weighted by Gasteiger charge is -2.24. The highest BCUT2D eigenvalue weighted by Gasteiger charge is 2.31. The molecule has 0 fully saturated rings. The minimum atomic E-state index is -1.37. The minimum absolute atomic E-state index is 0.352. The maximum absolute atomic E-state index is 11.4. The second-order valence-corrected chi connectivity index (χ2v) is 9.30. The van der Waals surface area contributed by atoms with Gasteiger partial charge in [0, 0.05) is 11.4 Å². The van der Waals surface area contributed by atoms with Crippen molar-refractivity contribution in [2.24, 2.45) is 0 Å². The number of carboxylic acid groups (broad SMARTS) is 1. The standard InChI is InChI=1S/C28H31NO3S/c1-19-8-9-21(17-29-28(3,18-30)27(31)32)16-24(19)11-10-22-6-5-7-26(20(22)2)23-12-14-25(33-4)15-13-23/h5-16,29-30H,17-18H2,1-4H3,(H,31,32)/b11-10+. The molecule has 0 aromatic heterocycles. The molecular formula is C28H31NO3S. The Bertz CT molecular complexity index is 1150. The summed E-state index contributed by atoms with van der Waals surface area (Å²) in [6, 6.07) is 21.0. The Balaban J connectivity index is 1.83. The van der Waals surface area contributed by atoms with E-state index in [-0.39, 0.29) is 0 Å². The van der Waals surface area contributed by atoms with Gasteiger partial charge in [-0.1, -0.05) is 60.7 Å². The van der Waals surface area contributed by atoms with Crippen LogP contribution in [0.15, 0.2) is 65.6 Å². The first-order chi connectivity index (χ1) is 15.8. The van der Waals surface area contributed by atoms with Crippen molar-refractivity contribution >= 4 is 29.9 Å². The van der Waals surface area contributed by atoms with Gasteiger partial charge in [-0.3, -0.25) is 10.1 Å². The third kappa shape index (κ3) is 5.93. The number of hydrogen-bond donors (Lipinski definition) is 3. The lowest BCUT2D eigenvalue weighted by atomic mass is 9.95. The number of carboxylic acids is 1. The Labute approximate surface area is 200 Å². The summed E-state index contributed by atoms with van der Waals surface area (Å²) < 4.78 is 0. The molecule has 0 aliphatic rings. The smallest absolute Gasteiger partial charge is 0.326 e. The molecule has 0 aliphatic carbocycles. The number of rotatable bonds is 9. The maximum Gasteiger partial charge on any atom is 0.326 e. The summed E-state index contributed by atoms with van der Waals surface area (Å²) in [4.78, 5) is 12.7. The first kappa shape index (κ1) is 24.8.